The molecule has 0 fully saturated rings. The molecule has 0 atom stereocenters. The molecule has 92 valence electrons. The van der Waals surface area contributed by atoms with E-state index in [1.54, 1.807) is 31.6 Å². The average molecular weight is 274 g/mol. The molecule has 0 aliphatic carbocycles. The van der Waals surface area contributed by atoms with Crippen molar-refractivity contribution < 1.29 is 4.92 Å². The summed E-state index contributed by atoms with van der Waals surface area (Å²) in [6.45, 7) is 0. The summed E-state index contributed by atoms with van der Waals surface area (Å²) in [5.41, 5.74) is 1.43. The van der Waals surface area contributed by atoms with E-state index in [1.165, 1.54) is 0 Å². The number of nitro groups is 1. The van der Waals surface area contributed by atoms with Gasteiger partial charge < -0.3 is 5.32 Å². The second-order valence-electron chi connectivity index (χ2n) is 3.16. The molecule has 0 saturated heterocycles. The molecule has 0 saturated carbocycles. The summed E-state index contributed by atoms with van der Waals surface area (Å²) in [6, 6.07) is 3.46. The highest BCUT2D eigenvalue weighted by Crippen LogP contribution is 2.19. The van der Waals surface area contributed by atoms with Crippen molar-refractivity contribution in [2.75, 3.05) is 13.3 Å². The van der Waals surface area contributed by atoms with Crippen LogP contribution in [0.2, 0.25) is 5.15 Å². The minimum absolute atomic E-state index is 0.113. The highest BCUT2D eigenvalue weighted by molar-refractivity contribution is 8.02. The zero-order valence-corrected chi connectivity index (χ0v) is 11.0. The van der Waals surface area contributed by atoms with E-state index in [0.29, 0.717) is 17.3 Å². The Kier molecular flexibility index (Phi) is 5.24. The van der Waals surface area contributed by atoms with Crippen molar-refractivity contribution >= 4 is 23.4 Å². The van der Waals surface area contributed by atoms with E-state index < -0.39 is 0 Å². The molecule has 1 N–H and O–H groups in total. The van der Waals surface area contributed by atoms with E-state index >= 15 is 0 Å². The van der Waals surface area contributed by atoms with Gasteiger partial charge in [0.15, 0.2) is 0 Å². The van der Waals surface area contributed by atoms with Crippen molar-refractivity contribution in [2.24, 2.45) is 0 Å². The molecule has 0 aliphatic heterocycles. The predicted octanol–water partition coefficient (Wildman–Crippen LogP) is 2.31. The molecule has 0 radical (unpaired) electrons. The van der Waals surface area contributed by atoms with E-state index in [4.69, 9.17) is 11.6 Å². The van der Waals surface area contributed by atoms with Gasteiger partial charge in [0.05, 0.1) is 4.92 Å². The van der Waals surface area contributed by atoms with Crippen molar-refractivity contribution in [1.82, 2.24) is 10.3 Å². The largest absolute Gasteiger partial charge is 0.385 e. The fourth-order valence-corrected chi connectivity index (χ4v) is 1.98. The summed E-state index contributed by atoms with van der Waals surface area (Å²) < 4.78 is 0. The number of likely N-dealkylation sites (N-methyl/N-ethyl adjacent to an activating group) is 1. The van der Waals surface area contributed by atoms with Gasteiger partial charge in [0, 0.05) is 19.7 Å². The van der Waals surface area contributed by atoms with Gasteiger partial charge in [-0.15, -0.1) is 0 Å². The van der Waals surface area contributed by atoms with Crippen molar-refractivity contribution in [2.45, 2.75) is 6.42 Å². The Morgan fingerprint density at radius 2 is 2.35 bits per heavy atom. The molecule has 0 aliphatic rings. The Morgan fingerprint density at radius 1 is 1.65 bits per heavy atom. The smallest absolute Gasteiger partial charge is 0.321 e. The highest BCUT2D eigenvalue weighted by Gasteiger charge is 2.16. The summed E-state index contributed by atoms with van der Waals surface area (Å²) in [7, 11) is 1.67. The Hall–Kier alpha value is -1.27. The maximum Gasteiger partial charge on any atom is 0.321 e. The Balaban J connectivity index is 2.96. The Bertz CT molecular complexity index is 434. The van der Waals surface area contributed by atoms with Crippen LogP contribution in [0.5, 0.6) is 0 Å². The second kappa shape index (κ2) is 6.46. The number of thioether (sulfide) groups is 1. The third kappa shape index (κ3) is 3.90. The normalized spacial score (nSPS) is 11.9. The van der Waals surface area contributed by atoms with E-state index in [-0.39, 0.29) is 9.95 Å². The lowest BCUT2D eigenvalue weighted by Crippen LogP contribution is -2.14. The van der Waals surface area contributed by atoms with Crippen molar-refractivity contribution in [3.8, 4) is 0 Å². The second-order valence-corrected chi connectivity index (χ2v) is 4.34. The number of aromatic nitrogens is 1. The predicted molar refractivity (Wildman–Crippen MR) is 69.5 cm³/mol. The lowest BCUT2D eigenvalue weighted by molar-refractivity contribution is -0.411. The maximum absolute atomic E-state index is 10.8. The van der Waals surface area contributed by atoms with Gasteiger partial charge in [0.1, 0.15) is 10.9 Å². The van der Waals surface area contributed by atoms with Crippen LogP contribution in [0.3, 0.4) is 0 Å². The molecule has 1 rings (SSSR count). The summed E-state index contributed by atoms with van der Waals surface area (Å²) in [5.74, 6) is 0. The highest BCUT2D eigenvalue weighted by atomic mass is 35.5. The maximum atomic E-state index is 10.8. The van der Waals surface area contributed by atoms with Gasteiger partial charge in [-0.25, -0.2) is 4.98 Å². The van der Waals surface area contributed by atoms with Crippen LogP contribution in [-0.4, -0.2) is 23.2 Å². The minimum Gasteiger partial charge on any atom is -0.385 e. The monoisotopic (exact) mass is 273 g/mol. The van der Waals surface area contributed by atoms with Crippen molar-refractivity contribution in [3.63, 3.8) is 0 Å². The number of allylic oxidation sites excluding steroid dienone is 1. The first-order valence-electron chi connectivity index (χ1n) is 4.78. The van der Waals surface area contributed by atoms with Gasteiger partial charge >= 0.3 is 5.03 Å². The number of nitrogens with zero attached hydrogens (tertiary/aromatic N) is 2. The van der Waals surface area contributed by atoms with E-state index in [0.717, 1.165) is 17.3 Å². The quantitative estimate of drug-likeness (QED) is 0.506. The molecule has 17 heavy (non-hydrogen) atoms. The van der Waals surface area contributed by atoms with Crippen LogP contribution in [-0.2, 0) is 6.42 Å². The van der Waals surface area contributed by atoms with Gasteiger partial charge in [-0.3, -0.25) is 10.1 Å². The molecule has 0 unspecified atom stereocenters. The van der Waals surface area contributed by atoms with Gasteiger partial charge in [0.25, 0.3) is 0 Å². The first-order chi connectivity index (χ1) is 8.08. The number of halogens is 1. The molecule has 0 amide bonds. The van der Waals surface area contributed by atoms with E-state index in [9.17, 15) is 10.1 Å². The first kappa shape index (κ1) is 13.8. The van der Waals surface area contributed by atoms with Crippen LogP contribution in [0.1, 0.15) is 5.56 Å². The number of hydrogen-bond donors (Lipinski definition) is 1. The first-order valence-corrected chi connectivity index (χ1v) is 6.38. The van der Waals surface area contributed by atoms with Crippen LogP contribution in [0.25, 0.3) is 0 Å². The van der Waals surface area contributed by atoms with Crippen LogP contribution in [0, 0.1) is 10.1 Å². The lowest BCUT2D eigenvalue weighted by atomic mass is 10.2. The fourth-order valence-electron chi connectivity index (χ4n) is 1.29. The number of pyridine rings is 1. The van der Waals surface area contributed by atoms with Crippen molar-refractivity contribution in [3.05, 3.63) is 49.9 Å². The molecular weight excluding hydrogens is 262 g/mol. The lowest BCUT2D eigenvalue weighted by Gasteiger charge is -2.07. The molecular formula is C10H12ClN3O2S. The molecule has 1 aromatic heterocycles. The zero-order chi connectivity index (χ0) is 12.8. The van der Waals surface area contributed by atoms with Crippen molar-refractivity contribution in [1.29, 1.82) is 0 Å². The van der Waals surface area contributed by atoms with Crippen LogP contribution in [0.4, 0.5) is 0 Å². The molecule has 0 bridgehead atoms. The number of rotatable bonds is 5. The third-order valence-electron chi connectivity index (χ3n) is 2.09. The van der Waals surface area contributed by atoms with Crippen LogP contribution in [0.15, 0.2) is 29.1 Å². The van der Waals surface area contributed by atoms with Gasteiger partial charge in [-0.2, -0.15) is 0 Å². The zero-order valence-electron chi connectivity index (χ0n) is 9.44. The summed E-state index contributed by atoms with van der Waals surface area (Å²) in [4.78, 5) is 14.4. The van der Waals surface area contributed by atoms with Crippen LogP contribution < -0.4 is 5.32 Å². The Morgan fingerprint density at radius 3 is 2.76 bits per heavy atom. The van der Waals surface area contributed by atoms with Gasteiger partial charge in [-0.05, 0) is 17.9 Å². The molecule has 0 spiro atoms. The van der Waals surface area contributed by atoms with Gasteiger partial charge in [0.2, 0.25) is 0 Å². The van der Waals surface area contributed by atoms with Gasteiger partial charge in [-0.1, -0.05) is 29.4 Å². The minimum atomic E-state index is -0.389. The summed E-state index contributed by atoms with van der Waals surface area (Å²) in [5, 5.41) is 14.2. The van der Waals surface area contributed by atoms with E-state index in [1.807, 2.05) is 0 Å². The summed E-state index contributed by atoms with van der Waals surface area (Å²) >= 11 is 6.78. The molecule has 1 aromatic rings. The molecule has 0 aromatic carbocycles. The average Bonchev–Trinajstić information content (AvgIpc) is 2.31. The number of hydrogen-bond acceptors (Lipinski definition) is 5. The fraction of sp³-hybridized carbons (Fsp3) is 0.300. The van der Waals surface area contributed by atoms with E-state index in [2.05, 4.69) is 10.3 Å². The molecule has 7 heteroatoms. The van der Waals surface area contributed by atoms with Crippen LogP contribution >= 0.6 is 23.4 Å². The standard InChI is InChI=1S/C10H12ClN3O2S/c1-12-8(10(17-2)14(15)16)5-7-3-4-9(11)13-6-7/h3-4,6,12H,5H2,1-2H3. The SMILES string of the molecule is CNC(Cc1ccc(Cl)nc1)=C(SC)[N+](=O)[O-]. The molecule has 1 heterocycles. The Labute approximate surface area is 108 Å². The molecule has 5 nitrogen and oxygen atoms in total. The summed E-state index contributed by atoms with van der Waals surface area (Å²) in [6.07, 6.45) is 3.71. The third-order valence-corrected chi connectivity index (χ3v) is 3.09. The number of nitrogens with one attached hydrogen (secondary N) is 1. The topological polar surface area (TPSA) is 68.1 Å².